The number of halogens is 1. The number of rotatable bonds is 3. The zero-order chi connectivity index (χ0) is 11.8. The fourth-order valence-electron chi connectivity index (χ4n) is 1.27. The van der Waals surface area contributed by atoms with Crippen LogP contribution in [0.5, 0.6) is 0 Å². The minimum absolute atomic E-state index is 0.250. The Morgan fingerprint density at radius 1 is 1.50 bits per heavy atom. The zero-order valence-electron chi connectivity index (χ0n) is 8.16. The van der Waals surface area contributed by atoms with Crippen LogP contribution in [0.2, 0.25) is 0 Å². The molecule has 0 bridgehead atoms. The largest absolute Gasteiger partial charge is 0.296 e. The fourth-order valence-corrected chi connectivity index (χ4v) is 2.76. The molecule has 0 aliphatic carbocycles. The van der Waals surface area contributed by atoms with Gasteiger partial charge in [0.25, 0.3) is 14.2 Å². The monoisotopic (exact) mass is 278 g/mol. The highest BCUT2D eigenvalue weighted by molar-refractivity contribution is 8.13. The van der Waals surface area contributed by atoms with Gasteiger partial charge in [0.2, 0.25) is 0 Å². The Morgan fingerprint density at radius 2 is 2.25 bits per heavy atom. The molecule has 2 rings (SSSR count). The maximum absolute atomic E-state index is 11.2. The van der Waals surface area contributed by atoms with Crippen molar-refractivity contribution in [3.05, 3.63) is 10.9 Å². The van der Waals surface area contributed by atoms with Crippen molar-refractivity contribution in [3.63, 3.8) is 0 Å². The molecule has 0 amide bonds. The van der Waals surface area contributed by atoms with E-state index in [2.05, 4.69) is 15.2 Å². The molecule has 0 spiro atoms. The van der Waals surface area contributed by atoms with E-state index >= 15 is 0 Å². The van der Waals surface area contributed by atoms with Gasteiger partial charge in [-0.25, -0.2) is 13.4 Å². The van der Waals surface area contributed by atoms with E-state index in [9.17, 15) is 8.42 Å². The maximum Gasteiger partial charge on any atom is 0.296 e. The second kappa shape index (κ2) is 4.11. The first-order valence-corrected chi connectivity index (χ1v) is 7.55. The van der Waals surface area contributed by atoms with Crippen molar-refractivity contribution in [2.24, 2.45) is 0 Å². The van der Waals surface area contributed by atoms with Gasteiger partial charge in [-0.2, -0.15) is 0 Å². The third-order valence-electron chi connectivity index (χ3n) is 1.91. The van der Waals surface area contributed by atoms with Gasteiger partial charge in [0.1, 0.15) is 5.69 Å². The predicted octanol–water partition coefficient (Wildman–Crippen LogP) is 1.35. The molecule has 0 unspecified atom stereocenters. The van der Waals surface area contributed by atoms with E-state index in [4.69, 9.17) is 10.7 Å². The van der Waals surface area contributed by atoms with Crippen LogP contribution >= 0.6 is 22.0 Å². The minimum atomic E-state index is -3.88. The molecule has 0 fully saturated rings. The van der Waals surface area contributed by atoms with Crippen molar-refractivity contribution < 1.29 is 8.42 Å². The lowest BCUT2D eigenvalue weighted by molar-refractivity contribution is 0.582. The van der Waals surface area contributed by atoms with Crippen LogP contribution < -0.4 is 0 Å². The van der Waals surface area contributed by atoms with Crippen LogP contribution in [0.4, 0.5) is 0 Å². The van der Waals surface area contributed by atoms with E-state index in [0.29, 0.717) is 18.1 Å². The SMILES string of the molecule is CCn1c(-c2cscn2)nnc1S(=O)(=O)Cl. The summed E-state index contributed by atoms with van der Waals surface area (Å²) in [6, 6.07) is 0. The Hall–Kier alpha value is -0.990. The van der Waals surface area contributed by atoms with E-state index in [1.807, 2.05) is 0 Å². The Kier molecular flexibility index (Phi) is 2.96. The number of thiazole rings is 1. The van der Waals surface area contributed by atoms with Crippen LogP contribution in [0, 0.1) is 0 Å². The zero-order valence-corrected chi connectivity index (χ0v) is 10.6. The van der Waals surface area contributed by atoms with Crippen molar-refractivity contribution in [2.45, 2.75) is 18.6 Å². The molecule has 0 aliphatic heterocycles. The summed E-state index contributed by atoms with van der Waals surface area (Å²) in [6.45, 7) is 2.19. The Balaban J connectivity index is 2.63. The highest BCUT2D eigenvalue weighted by atomic mass is 35.7. The maximum atomic E-state index is 11.2. The van der Waals surface area contributed by atoms with E-state index < -0.39 is 9.05 Å². The molecule has 16 heavy (non-hydrogen) atoms. The smallest absolute Gasteiger partial charge is 0.296 e. The molecular weight excluding hydrogens is 272 g/mol. The number of aromatic nitrogens is 4. The first-order valence-electron chi connectivity index (χ1n) is 4.30. The number of hydrogen-bond donors (Lipinski definition) is 0. The van der Waals surface area contributed by atoms with Crippen LogP contribution in [0.15, 0.2) is 16.0 Å². The number of hydrogen-bond acceptors (Lipinski definition) is 6. The van der Waals surface area contributed by atoms with Crippen LogP contribution in [0.1, 0.15) is 6.92 Å². The molecule has 2 aromatic heterocycles. The van der Waals surface area contributed by atoms with Gasteiger partial charge in [0.15, 0.2) is 5.82 Å². The molecule has 0 N–H and O–H groups in total. The highest BCUT2D eigenvalue weighted by Gasteiger charge is 2.22. The average molecular weight is 279 g/mol. The normalized spacial score (nSPS) is 11.9. The lowest BCUT2D eigenvalue weighted by Crippen LogP contribution is -2.06. The summed E-state index contributed by atoms with van der Waals surface area (Å²) in [7, 11) is 1.37. The molecule has 0 saturated heterocycles. The van der Waals surface area contributed by atoms with Gasteiger partial charge in [0, 0.05) is 22.6 Å². The quantitative estimate of drug-likeness (QED) is 0.792. The minimum Gasteiger partial charge on any atom is -0.296 e. The summed E-state index contributed by atoms with van der Waals surface area (Å²) in [5, 5.41) is 8.88. The number of nitrogens with zero attached hydrogens (tertiary/aromatic N) is 4. The highest BCUT2D eigenvalue weighted by Crippen LogP contribution is 2.21. The molecule has 2 heterocycles. The molecule has 6 nitrogen and oxygen atoms in total. The van der Waals surface area contributed by atoms with Crippen molar-refractivity contribution >= 4 is 31.1 Å². The lowest BCUT2D eigenvalue weighted by Gasteiger charge is -2.02. The average Bonchev–Trinajstić information content (AvgIpc) is 2.84. The van der Waals surface area contributed by atoms with Gasteiger partial charge >= 0.3 is 0 Å². The van der Waals surface area contributed by atoms with Gasteiger partial charge in [-0.1, -0.05) is 0 Å². The summed E-state index contributed by atoms with van der Waals surface area (Å²) in [4.78, 5) is 4.05. The predicted molar refractivity (Wildman–Crippen MR) is 59.8 cm³/mol. The first kappa shape index (κ1) is 11.5. The van der Waals surface area contributed by atoms with E-state index in [-0.39, 0.29) is 5.16 Å². The van der Waals surface area contributed by atoms with Gasteiger partial charge in [-0.3, -0.25) is 4.57 Å². The first-order chi connectivity index (χ1) is 7.54. The molecule has 0 saturated carbocycles. The molecule has 0 atom stereocenters. The van der Waals surface area contributed by atoms with Crippen LogP contribution in [-0.2, 0) is 15.6 Å². The second-order valence-electron chi connectivity index (χ2n) is 2.86. The summed E-state index contributed by atoms with van der Waals surface area (Å²) in [5.41, 5.74) is 2.23. The molecule has 9 heteroatoms. The topological polar surface area (TPSA) is 77.7 Å². The lowest BCUT2D eigenvalue weighted by atomic mass is 10.4. The van der Waals surface area contributed by atoms with E-state index in [0.717, 1.165) is 0 Å². The van der Waals surface area contributed by atoms with Crippen molar-refractivity contribution in [1.29, 1.82) is 0 Å². The third-order valence-corrected chi connectivity index (χ3v) is 3.65. The molecule has 86 valence electrons. The summed E-state index contributed by atoms with van der Waals surface area (Å²) in [5.74, 6) is 0.406. The summed E-state index contributed by atoms with van der Waals surface area (Å²) < 4.78 is 23.9. The van der Waals surface area contributed by atoms with Crippen molar-refractivity contribution in [2.75, 3.05) is 0 Å². The van der Waals surface area contributed by atoms with E-state index in [1.165, 1.54) is 15.9 Å². The van der Waals surface area contributed by atoms with E-state index in [1.54, 1.807) is 17.8 Å². The molecular formula is C7H7ClN4O2S2. The van der Waals surface area contributed by atoms with Crippen LogP contribution in [0.3, 0.4) is 0 Å². The standard InChI is InChI=1S/C7H7ClN4O2S2/c1-2-12-6(5-3-15-4-9-5)10-11-7(12)16(8,13)14/h3-4H,2H2,1H3. The second-order valence-corrected chi connectivity index (χ2v) is 6.04. The van der Waals surface area contributed by atoms with Gasteiger partial charge in [-0.05, 0) is 6.92 Å². The van der Waals surface area contributed by atoms with Crippen LogP contribution in [0.25, 0.3) is 11.5 Å². The van der Waals surface area contributed by atoms with Gasteiger partial charge in [-0.15, -0.1) is 21.5 Å². The molecule has 2 aromatic rings. The van der Waals surface area contributed by atoms with Crippen LogP contribution in [-0.4, -0.2) is 28.2 Å². The van der Waals surface area contributed by atoms with Gasteiger partial charge in [0.05, 0.1) is 5.51 Å². The third kappa shape index (κ3) is 1.95. The van der Waals surface area contributed by atoms with Crippen molar-refractivity contribution in [3.8, 4) is 11.5 Å². The Bertz CT molecular complexity index is 590. The molecule has 0 radical (unpaired) electrons. The Morgan fingerprint density at radius 3 is 2.75 bits per heavy atom. The Labute approximate surface area is 100 Å². The summed E-state index contributed by atoms with van der Waals surface area (Å²) in [6.07, 6.45) is 0. The van der Waals surface area contributed by atoms with Crippen molar-refractivity contribution in [1.82, 2.24) is 19.7 Å². The van der Waals surface area contributed by atoms with Gasteiger partial charge < -0.3 is 0 Å². The molecule has 0 aromatic carbocycles. The molecule has 0 aliphatic rings. The fraction of sp³-hybridized carbons (Fsp3) is 0.286. The summed E-state index contributed by atoms with van der Waals surface area (Å²) >= 11 is 1.40.